The number of hydrogen-bond acceptors (Lipinski definition) is 1. The molecule has 0 aromatic heterocycles. The highest BCUT2D eigenvalue weighted by Gasteiger charge is 2.54. The summed E-state index contributed by atoms with van der Waals surface area (Å²) in [5.74, 6) is 1.79. The molecule has 128 valence electrons. The van der Waals surface area contributed by atoms with Gasteiger partial charge in [0, 0.05) is 11.6 Å². The molecule has 1 nitrogen and oxygen atoms in total. The van der Waals surface area contributed by atoms with Crippen molar-refractivity contribution in [3.8, 4) is 0 Å². The van der Waals surface area contributed by atoms with Gasteiger partial charge in [0.25, 0.3) is 0 Å². The molecule has 2 fully saturated rings. The summed E-state index contributed by atoms with van der Waals surface area (Å²) in [6, 6.07) is 0.681. The average Bonchev–Trinajstić information content (AvgIpc) is 2.51. The van der Waals surface area contributed by atoms with E-state index in [-0.39, 0.29) is 0 Å². The standard InChI is InChI=1S/C20H40BN/c1-8-20(9-2)17-10-12-19(7,21)14-18(5,6)16(17)11-13-22(20)15(3)4/h15-17H,8-14,21H2,1-7H3. The molecular formula is C20H40BN. The van der Waals surface area contributed by atoms with E-state index in [1.807, 2.05) is 0 Å². The van der Waals surface area contributed by atoms with Crippen molar-refractivity contribution in [1.82, 2.24) is 4.90 Å². The third kappa shape index (κ3) is 3.02. The van der Waals surface area contributed by atoms with Gasteiger partial charge in [-0.15, -0.1) is 0 Å². The van der Waals surface area contributed by atoms with Gasteiger partial charge < -0.3 is 0 Å². The minimum atomic E-state index is 0.439. The fourth-order valence-electron chi connectivity index (χ4n) is 6.65. The molecule has 0 spiro atoms. The van der Waals surface area contributed by atoms with E-state index in [4.69, 9.17) is 0 Å². The van der Waals surface area contributed by atoms with Crippen molar-refractivity contribution in [2.45, 2.75) is 104 Å². The van der Waals surface area contributed by atoms with E-state index in [1.54, 1.807) is 0 Å². The van der Waals surface area contributed by atoms with E-state index in [0.29, 0.717) is 22.3 Å². The molecule has 0 N–H and O–H groups in total. The predicted octanol–water partition coefficient (Wildman–Crippen LogP) is 4.91. The number of fused-ring (bicyclic) bond motifs is 1. The first kappa shape index (κ1) is 18.4. The molecule has 2 aliphatic rings. The van der Waals surface area contributed by atoms with Crippen LogP contribution in [0.3, 0.4) is 0 Å². The van der Waals surface area contributed by atoms with Crippen molar-refractivity contribution >= 4 is 7.85 Å². The third-order valence-electron chi connectivity index (χ3n) is 7.35. The number of hydrogen-bond donors (Lipinski definition) is 0. The van der Waals surface area contributed by atoms with Gasteiger partial charge in [-0.3, -0.25) is 4.90 Å². The van der Waals surface area contributed by atoms with Gasteiger partial charge in [-0.05, 0) is 69.7 Å². The maximum Gasteiger partial charge on any atom is 0.109 e. The van der Waals surface area contributed by atoms with E-state index in [9.17, 15) is 0 Å². The summed E-state index contributed by atoms with van der Waals surface area (Å²) in [7, 11) is 2.51. The molecule has 3 unspecified atom stereocenters. The normalized spacial score (nSPS) is 38.5. The van der Waals surface area contributed by atoms with Gasteiger partial charge in [-0.1, -0.05) is 46.4 Å². The van der Waals surface area contributed by atoms with Crippen LogP contribution in [0.25, 0.3) is 0 Å². The summed E-state index contributed by atoms with van der Waals surface area (Å²) in [5.41, 5.74) is 0.929. The van der Waals surface area contributed by atoms with Crippen molar-refractivity contribution in [2.24, 2.45) is 17.3 Å². The second-order valence-corrected chi connectivity index (χ2v) is 9.97. The van der Waals surface area contributed by atoms with Crippen molar-refractivity contribution in [3.05, 3.63) is 0 Å². The maximum absolute atomic E-state index is 2.88. The van der Waals surface area contributed by atoms with Crippen LogP contribution < -0.4 is 0 Å². The van der Waals surface area contributed by atoms with Crippen LogP contribution in [-0.4, -0.2) is 30.9 Å². The highest BCUT2D eigenvalue weighted by molar-refractivity contribution is 6.14. The number of nitrogens with zero attached hydrogens (tertiary/aromatic N) is 1. The first-order valence-electron chi connectivity index (χ1n) is 9.86. The Morgan fingerprint density at radius 3 is 2.14 bits per heavy atom. The summed E-state index contributed by atoms with van der Waals surface area (Å²) >= 11 is 0. The largest absolute Gasteiger partial charge is 0.295 e. The lowest BCUT2D eigenvalue weighted by Gasteiger charge is -2.59. The third-order valence-corrected chi connectivity index (χ3v) is 7.35. The number of rotatable bonds is 3. The molecule has 1 saturated heterocycles. The van der Waals surface area contributed by atoms with Crippen LogP contribution in [0.15, 0.2) is 0 Å². The minimum absolute atomic E-state index is 0.439. The van der Waals surface area contributed by atoms with Gasteiger partial charge in [-0.2, -0.15) is 0 Å². The second kappa shape index (κ2) is 6.15. The topological polar surface area (TPSA) is 3.24 Å². The summed E-state index contributed by atoms with van der Waals surface area (Å²) in [5, 5.41) is 0.511. The Morgan fingerprint density at radius 2 is 1.64 bits per heavy atom. The first-order chi connectivity index (χ1) is 10.1. The van der Waals surface area contributed by atoms with E-state index in [0.717, 1.165) is 11.8 Å². The number of piperidine rings is 1. The van der Waals surface area contributed by atoms with E-state index in [1.165, 1.54) is 45.1 Å². The fourth-order valence-corrected chi connectivity index (χ4v) is 6.65. The lowest BCUT2D eigenvalue weighted by atomic mass is 9.56. The first-order valence-corrected chi connectivity index (χ1v) is 9.86. The molecule has 0 bridgehead atoms. The van der Waals surface area contributed by atoms with E-state index >= 15 is 0 Å². The van der Waals surface area contributed by atoms with Crippen LogP contribution in [0.2, 0.25) is 5.31 Å². The summed E-state index contributed by atoms with van der Waals surface area (Å²) in [6.45, 7) is 18.7. The van der Waals surface area contributed by atoms with Crippen LogP contribution in [0.5, 0.6) is 0 Å². The second-order valence-electron chi connectivity index (χ2n) is 9.97. The average molecular weight is 305 g/mol. The summed E-state index contributed by atoms with van der Waals surface area (Å²) in [4.78, 5) is 2.88. The van der Waals surface area contributed by atoms with Gasteiger partial charge >= 0.3 is 0 Å². The van der Waals surface area contributed by atoms with Crippen LogP contribution >= 0.6 is 0 Å². The highest BCUT2D eigenvalue weighted by atomic mass is 15.2. The van der Waals surface area contributed by atoms with Gasteiger partial charge in [0.15, 0.2) is 0 Å². The molecule has 1 saturated carbocycles. The van der Waals surface area contributed by atoms with Gasteiger partial charge in [0.2, 0.25) is 0 Å². The molecule has 3 atom stereocenters. The highest BCUT2D eigenvalue weighted by Crippen LogP contribution is 2.58. The van der Waals surface area contributed by atoms with Crippen molar-refractivity contribution in [3.63, 3.8) is 0 Å². The molecule has 0 radical (unpaired) electrons. The zero-order valence-electron chi connectivity index (χ0n) is 16.6. The van der Waals surface area contributed by atoms with Crippen LogP contribution in [0, 0.1) is 17.3 Å². The minimum Gasteiger partial charge on any atom is -0.295 e. The molecule has 0 amide bonds. The molecule has 2 rings (SSSR count). The molecule has 0 aromatic carbocycles. The molecule has 0 aromatic rings. The molecule has 1 heterocycles. The fraction of sp³-hybridized carbons (Fsp3) is 1.00. The lowest BCUT2D eigenvalue weighted by Crippen LogP contribution is -2.62. The Morgan fingerprint density at radius 1 is 1.05 bits per heavy atom. The Balaban J connectivity index is 2.45. The molecule has 1 aliphatic heterocycles. The van der Waals surface area contributed by atoms with E-state index in [2.05, 4.69) is 61.2 Å². The van der Waals surface area contributed by atoms with Crippen molar-refractivity contribution in [2.75, 3.05) is 6.54 Å². The Bertz CT molecular complexity index is 381. The summed E-state index contributed by atoms with van der Waals surface area (Å²) in [6.07, 6.45) is 8.29. The Labute approximate surface area is 141 Å². The number of likely N-dealkylation sites (tertiary alicyclic amines) is 1. The van der Waals surface area contributed by atoms with Crippen LogP contribution in [0.1, 0.15) is 87.0 Å². The van der Waals surface area contributed by atoms with Gasteiger partial charge in [-0.25, -0.2) is 0 Å². The molecule has 1 aliphatic carbocycles. The predicted molar refractivity (Wildman–Crippen MR) is 101 cm³/mol. The zero-order chi connectivity index (χ0) is 16.8. The zero-order valence-corrected chi connectivity index (χ0v) is 16.6. The molecule has 2 heteroatoms. The van der Waals surface area contributed by atoms with E-state index < -0.39 is 0 Å². The van der Waals surface area contributed by atoms with Gasteiger partial charge in [0.05, 0.1) is 0 Å². The Kier molecular flexibility index (Phi) is 5.13. The van der Waals surface area contributed by atoms with Gasteiger partial charge in [0.1, 0.15) is 7.85 Å². The maximum atomic E-state index is 2.88. The molecular weight excluding hydrogens is 265 g/mol. The van der Waals surface area contributed by atoms with Crippen LogP contribution in [0.4, 0.5) is 0 Å². The smallest absolute Gasteiger partial charge is 0.109 e. The summed E-state index contributed by atoms with van der Waals surface area (Å²) < 4.78 is 0. The van der Waals surface area contributed by atoms with Crippen LogP contribution in [-0.2, 0) is 0 Å². The lowest BCUT2D eigenvalue weighted by molar-refractivity contribution is -0.0921. The van der Waals surface area contributed by atoms with Crippen molar-refractivity contribution < 1.29 is 0 Å². The monoisotopic (exact) mass is 305 g/mol. The molecule has 22 heavy (non-hydrogen) atoms. The SMILES string of the molecule is BC1(C)CCC2C(CCN(C(C)C)C2(CC)CC)C(C)(C)C1. The van der Waals surface area contributed by atoms with Crippen molar-refractivity contribution in [1.29, 1.82) is 0 Å². The quantitative estimate of drug-likeness (QED) is 0.669. The Hall–Kier alpha value is 0.0249.